The summed E-state index contributed by atoms with van der Waals surface area (Å²) in [5.41, 5.74) is 3.09. The van der Waals surface area contributed by atoms with Crippen LogP contribution in [-0.2, 0) is 16.2 Å². The van der Waals surface area contributed by atoms with Crippen molar-refractivity contribution in [2.24, 2.45) is 0 Å². The molecule has 2 aromatic rings. The summed E-state index contributed by atoms with van der Waals surface area (Å²) < 4.78 is 12.9. The van der Waals surface area contributed by atoms with E-state index in [0.717, 1.165) is 23.6 Å². The Morgan fingerprint density at radius 2 is 2.09 bits per heavy atom. The highest BCUT2D eigenvalue weighted by atomic mass is 28.3. The van der Waals surface area contributed by atoms with Gasteiger partial charge in [0, 0.05) is 14.7 Å². The molecule has 0 saturated carbocycles. The maximum atomic E-state index is 12.1. The molecule has 0 aliphatic carbocycles. The highest BCUT2D eigenvalue weighted by Gasteiger charge is 2.16. The summed E-state index contributed by atoms with van der Waals surface area (Å²) in [6.45, 7) is 10.4. The molecule has 0 atom stereocenters. The van der Waals surface area contributed by atoms with Crippen molar-refractivity contribution in [3.8, 4) is 0 Å². The molecule has 0 N–H and O–H groups in total. The Balaban J connectivity index is 2.18. The number of esters is 1. The predicted molar refractivity (Wildman–Crippen MR) is 98.0 cm³/mol. The molecule has 0 radical (unpaired) electrons. The Hall–Kier alpha value is -1.60. The van der Waals surface area contributed by atoms with Crippen LogP contribution >= 0.6 is 0 Å². The van der Waals surface area contributed by atoms with Crippen molar-refractivity contribution >= 4 is 38.4 Å². The topological polar surface area (TPSA) is 53.3 Å². The fourth-order valence-corrected chi connectivity index (χ4v) is 3.07. The van der Waals surface area contributed by atoms with E-state index < -0.39 is 8.07 Å². The van der Waals surface area contributed by atoms with E-state index in [4.69, 9.17) is 9.47 Å². The zero-order chi connectivity index (χ0) is 17.0. The van der Waals surface area contributed by atoms with Gasteiger partial charge in [0.05, 0.1) is 24.0 Å². The number of carbonyl (C=O) groups is 1. The zero-order valence-corrected chi connectivity index (χ0v) is 15.7. The molecule has 1 aromatic carbocycles. The van der Waals surface area contributed by atoms with Gasteiger partial charge in [-0.15, -0.1) is 0 Å². The summed E-state index contributed by atoms with van der Waals surface area (Å²) in [6.07, 6.45) is 1.72. The summed E-state index contributed by atoms with van der Waals surface area (Å²) in [7, 11) is 0.878. The quantitative estimate of drug-likeness (QED) is 0.441. The Kier molecular flexibility index (Phi) is 5.65. The van der Waals surface area contributed by atoms with Crippen molar-refractivity contribution in [3.63, 3.8) is 0 Å². The normalized spacial score (nSPS) is 11.8. The maximum Gasteiger partial charge on any atom is 0.340 e. The van der Waals surface area contributed by atoms with Gasteiger partial charge in [-0.2, -0.15) is 0 Å². The van der Waals surface area contributed by atoms with Gasteiger partial charge in [-0.05, 0) is 19.0 Å². The molecule has 1 heterocycles. The Morgan fingerprint density at radius 3 is 2.74 bits per heavy atom. The number of fused-ring (bicyclic) bond motifs is 1. The number of nitrogens with zero attached hydrogens (tertiary/aromatic N) is 2. The van der Waals surface area contributed by atoms with Crippen LogP contribution in [0.2, 0.25) is 25.7 Å². The average Bonchev–Trinajstić information content (AvgIpc) is 2.85. The minimum absolute atomic E-state index is 0.328. The predicted octanol–water partition coefficient (Wildman–Crippen LogP) is 1.78. The first-order valence-electron chi connectivity index (χ1n) is 8.02. The first kappa shape index (κ1) is 17.8. The molecule has 1 aromatic heterocycles. The second-order valence-corrected chi connectivity index (χ2v) is 12.6. The molecule has 0 spiro atoms. The maximum absolute atomic E-state index is 12.1. The number of ether oxygens (including phenoxy) is 2. The van der Waals surface area contributed by atoms with E-state index in [-0.39, 0.29) is 5.97 Å². The second kappa shape index (κ2) is 7.32. The SMILES string of the molecule is Bc1cc(C(=O)OCC)c2ncn(COCC[Si](C)(C)C)c2c1. The zero-order valence-electron chi connectivity index (χ0n) is 14.7. The number of hydrogen-bond acceptors (Lipinski definition) is 4. The molecule has 0 fully saturated rings. The largest absolute Gasteiger partial charge is 0.462 e. The molecule has 0 unspecified atom stereocenters. The molecule has 5 nitrogen and oxygen atoms in total. The number of benzene rings is 1. The van der Waals surface area contributed by atoms with Crippen LogP contribution in [-0.4, -0.2) is 44.7 Å². The minimum Gasteiger partial charge on any atom is -0.462 e. The van der Waals surface area contributed by atoms with Crippen LogP contribution in [0.4, 0.5) is 0 Å². The lowest BCUT2D eigenvalue weighted by Gasteiger charge is -2.15. The summed E-state index contributed by atoms with van der Waals surface area (Å²) in [6, 6.07) is 4.98. The molecular weight excluding hydrogens is 307 g/mol. The van der Waals surface area contributed by atoms with Crippen LogP contribution < -0.4 is 5.46 Å². The molecule has 0 bridgehead atoms. The number of aromatic nitrogens is 2. The van der Waals surface area contributed by atoms with Gasteiger partial charge in [0.15, 0.2) is 0 Å². The second-order valence-electron chi connectivity index (χ2n) is 6.96. The summed E-state index contributed by atoms with van der Waals surface area (Å²) in [5, 5.41) is 0. The number of imidazole rings is 1. The van der Waals surface area contributed by atoms with Gasteiger partial charge in [-0.25, -0.2) is 9.78 Å². The third kappa shape index (κ3) is 4.68. The van der Waals surface area contributed by atoms with E-state index >= 15 is 0 Å². The van der Waals surface area contributed by atoms with E-state index in [1.807, 2.05) is 24.5 Å². The monoisotopic (exact) mass is 332 g/mol. The fraction of sp³-hybridized carbons (Fsp3) is 0.500. The van der Waals surface area contributed by atoms with Crippen LogP contribution in [0.25, 0.3) is 11.0 Å². The van der Waals surface area contributed by atoms with Crippen LogP contribution in [0.1, 0.15) is 17.3 Å². The van der Waals surface area contributed by atoms with E-state index in [2.05, 4.69) is 24.6 Å². The molecule has 23 heavy (non-hydrogen) atoms. The van der Waals surface area contributed by atoms with Crippen molar-refractivity contribution in [1.29, 1.82) is 0 Å². The van der Waals surface area contributed by atoms with Crippen molar-refractivity contribution < 1.29 is 14.3 Å². The van der Waals surface area contributed by atoms with E-state index in [1.165, 1.54) is 0 Å². The van der Waals surface area contributed by atoms with Gasteiger partial charge in [0.25, 0.3) is 0 Å². The van der Waals surface area contributed by atoms with Gasteiger partial charge >= 0.3 is 5.97 Å². The Labute approximate surface area is 139 Å². The van der Waals surface area contributed by atoms with Gasteiger partial charge in [0.1, 0.15) is 20.1 Å². The van der Waals surface area contributed by atoms with Crippen LogP contribution in [0, 0.1) is 0 Å². The summed E-state index contributed by atoms with van der Waals surface area (Å²) >= 11 is 0. The third-order valence-corrected chi connectivity index (χ3v) is 5.30. The lowest BCUT2D eigenvalue weighted by atomic mass is 9.93. The lowest BCUT2D eigenvalue weighted by Crippen LogP contribution is -2.22. The molecule has 7 heteroatoms. The molecular formula is C16H25BN2O3Si. The van der Waals surface area contributed by atoms with Crippen molar-refractivity contribution in [1.82, 2.24) is 9.55 Å². The molecule has 0 aliphatic rings. The van der Waals surface area contributed by atoms with Gasteiger partial charge in [-0.1, -0.05) is 31.2 Å². The summed E-state index contributed by atoms with van der Waals surface area (Å²) in [4.78, 5) is 16.5. The molecule has 2 rings (SSSR count). The molecule has 124 valence electrons. The Morgan fingerprint density at radius 1 is 1.35 bits per heavy atom. The average molecular weight is 332 g/mol. The van der Waals surface area contributed by atoms with Crippen LogP contribution in [0.5, 0.6) is 0 Å². The van der Waals surface area contributed by atoms with Gasteiger partial charge < -0.3 is 14.0 Å². The first-order chi connectivity index (χ1) is 10.8. The standard InChI is InChI=1S/C16H25BN2O3Si/c1-5-22-16(20)13-8-12(17)9-14-15(13)18-10-19(14)11-21-6-7-23(2,3)4/h8-10H,5-7,11,17H2,1-4H3. The number of carbonyl (C=O) groups excluding carboxylic acids is 1. The van der Waals surface area contributed by atoms with E-state index in [1.54, 1.807) is 13.3 Å². The molecule has 0 aliphatic heterocycles. The lowest BCUT2D eigenvalue weighted by molar-refractivity contribution is 0.0528. The van der Waals surface area contributed by atoms with Crippen LogP contribution in [0.3, 0.4) is 0 Å². The van der Waals surface area contributed by atoms with Crippen LogP contribution in [0.15, 0.2) is 18.5 Å². The Bertz CT molecular complexity index is 694. The van der Waals surface area contributed by atoms with Crippen molar-refractivity contribution in [2.75, 3.05) is 13.2 Å². The highest BCUT2D eigenvalue weighted by Crippen LogP contribution is 2.18. The fourth-order valence-electron chi connectivity index (χ4n) is 2.31. The summed E-state index contributed by atoms with van der Waals surface area (Å²) in [5.74, 6) is -0.328. The van der Waals surface area contributed by atoms with Crippen molar-refractivity contribution in [2.45, 2.75) is 39.3 Å². The molecule has 0 amide bonds. The van der Waals surface area contributed by atoms with Gasteiger partial charge in [0.2, 0.25) is 0 Å². The number of hydrogen-bond donors (Lipinski definition) is 0. The minimum atomic E-state index is -1.09. The number of rotatable bonds is 7. The van der Waals surface area contributed by atoms with Crippen molar-refractivity contribution in [3.05, 3.63) is 24.0 Å². The van der Waals surface area contributed by atoms with E-state index in [9.17, 15) is 4.79 Å². The first-order valence-corrected chi connectivity index (χ1v) is 11.7. The smallest absolute Gasteiger partial charge is 0.340 e. The third-order valence-electron chi connectivity index (χ3n) is 3.59. The van der Waals surface area contributed by atoms with Gasteiger partial charge in [-0.3, -0.25) is 0 Å². The van der Waals surface area contributed by atoms with E-state index in [0.29, 0.717) is 24.4 Å². The highest BCUT2D eigenvalue weighted by molar-refractivity contribution is 6.76. The molecule has 0 saturated heterocycles.